The van der Waals surface area contributed by atoms with E-state index >= 15 is 0 Å². The molecule has 7 nitrogen and oxygen atoms in total. The van der Waals surface area contributed by atoms with Crippen molar-refractivity contribution in [2.75, 3.05) is 13.6 Å². The molecule has 0 aromatic heterocycles. The topological polar surface area (TPSA) is 95.0 Å². The number of hydrogen-bond acceptors (Lipinski definition) is 5. The second kappa shape index (κ2) is 5.08. The van der Waals surface area contributed by atoms with Crippen molar-refractivity contribution in [1.82, 2.24) is 9.80 Å². The van der Waals surface area contributed by atoms with Gasteiger partial charge in [-0.2, -0.15) is 12.6 Å². The normalized spacial score (nSPS) is 21.1. The Balaban J connectivity index is 2.91. The van der Waals surface area contributed by atoms with E-state index in [1.54, 1.807) is 13.8 Å². The summed E-state index contributed by atoms with van der Waals surface area (Å²) in [5.41, 5.74) is -0.976. The molecule has 1 rings (SSSR count). The third kappa shape index (κ3) is 2.39. The maximum Gasteiger partial charge on any atom is 0.327 e. The molecule has 0 aromatic carbocycles. The van der Waals surface area contributed by atoms with E-state index in [9.17, 15) is 19.2 Å². The maximum atomic E-state index is 12.1. The summed E-state index contributed by atoms with van der Waals surface area (Å²) in [6, 6.07) is -0.510. The minimum atomic E-state index is -1.90. The van der Waals surface area contributed by atoms with Crippen molar-refractivity contribution in [2.24, 2.45) is 0 Å². The van der Waals surface area contributed by atoms with Crippen LogP contribution in [0.4, 0.5) is 4.79 Å². The smallest absolute Gasteiger partial charge is 0.327 e. The fourth-order valence-corrected chi connectivity index (χ4v) is 1.99. The molecule has 0 radical (unpaired) electrons. The number of carboxylic acids is 1. The lowest BCUT2D eigenvalue weighted by Crippen LogP contribution is -2.45. The number of hydrogen-bond donors (Lipinski definition) is 2. The van der Waals surface area contributed by atoms with E-state index in [-0.39, 0.29) is 13.0 Å². The molecule has 1 atom stereocenters. The van der Waals surface area contributed by atoms with Crippen molar-refractivity contribution in [3.63, 3.8) is 0 Å². The van der Waals surface area contributed by atoms with Crippen LogP contribution in [-0.4, -0.2) is 62.5 Å². The molecule has 1 N–H and O–H groups in total. The highest BCUT2D eigenvalue weighted by atomic mass is 32.1. The number of likely N-dealkylation sites (N-methyl/N-ethyl adjacent to an activating group) is 1. The van der Waals surface area contributed by atoms with Crippen molar-refractivity contribution >= 4 is 36.3 Å². The number of nitrogens with zero attached hydrogens (tertiary/aromatic N) is 2. The average Bonchev–Trinajstić information content (AvgIpc) is 2.48. The van der Waals surface area contributed by atoms with E-state index in [0.29, 0.717) is 0 Å². The molecule has 0 aromatic rings. The number of Topliss-reactive ketones (excluding diaryl/α,β-unsaturated/α-hetero) is 1. The molecule has 1 fully saturated rings. The van der Waals surface area contributed by atoms with Gasteiger partial charge in [-0.3, -0.25) is 19.3 Å². The van der Waals surface area contributed by atoms with Gasteiger partial charge in [0.05, 0.1) is 0 Å². The first-order valence-corrected chi connectivity index (χ1v) is 6.47. The van der Waals surface area contributed by atoms with Crippen LogP contribution < -0.4 is 0 Å². The molecule has 1 aliphatic heterocycles. The standard InChI is InChI=1S/C12H18N2O5S/c1-7(15)12(20,9(17)18)5-6-14-8(16)11(2,3)13(4)10(14)19/h20H,5-6H2,1-4H3,(H,17,18). The number of ketones is 1. The van der Waals surface area contributed by atoms with Crippen molar-refractivity contribution in [3.05, 3.63) is 0 Å². The van der Waals surface area contributed by atoms with Crippen molar-refractivity contribution in [2.45, 2.75) is 37.5 Å². The van der Waals surface area contributed by atoms with E-state index in [1.165, 1.54) is 11.9 Å². The van der Waals surface area contributed by atoms with Gasteiger partial charge in [-0.25, -0.2) is 4.79 Å². The highest BCUT2D eigenvalue weighted by Crippen LogP contribution is 2.28. The highest BCUT2D eigenvalue weighted by Gasteiger charge is 2.50. The zero-order valence-electron chi connectivity index (χ0n) is 11.8. The Kier molecular flexibility index (Phi) is 4.19. The summed E-state index contributed by atoms with van der Waals surface area (Å²) in [5.74, 6) is -2.45. The Labute approximate surface area is 122 Å². The number of carbonyl (C=O) groups excluding carboxylic acids is 3. The predicted molar refractivity (Wildman–Crippen MR) is 73.6 cm³/mol. The Hall–Kier alpha value is -1.57. The molecular weight excluding hydrogens is 284 g/mol. The number of imide groups is 1. The molecule has 0 saturated carbocycles. The number of aliphatic carboxylic acids is 1. The molecule has 0 spiro atoms. The summed E-state index contributed by atoms with van der Waals surface area (Å²) in [5, 5.41) is 9.07. The van der Waals surface area contributed by atoms with E-state index in [0.717, 1.165) is 11.8 Å². The molecule has 1 heterocycles. The lowest BCUT2D eigenvalue weighted by molar-refractivity contribution is -0.144. The summed E-state index contributed by atoms with van der Waals surface area (Å²) >= 11 is 3.89. The summed E-state index contributed by atoms with van der Waals surface area (Å²) in [7, 11) is 1.50. The lowest BCUT2D eigenvalue weighted by Gasteiger charge is -2.23. The fourth-order valence-electron chi connectivity index (χ4n) is 1.89. The molecule has 0 aliphatic carbocycles. The fraction of sp³-hybridized carbons (Fsp3) is 0.667. The molecule has 112 valence electrons. The van der Waals surface area contributed by atoms with Crippen molar-refractivity contribution in [1.29, 1.82) is 0 Å². The number of amides is 3. The number of urea groups is 1. The van der Waals surface area contributed by atoms with E-state index in [1.807, 2.05) is 0 Å². The Morgan fingerprint density at radius 1 is 1.35 bits per heavy atom. The first kappa shape index (κ1) is 16.5. The van der Waals surface area contributed by atoms with Gasteiger partial charge in [0.2, 0.25) is 0 Å². The second-order valence-electron chi connectivity index (χ2n) is 5.33. The van der Waals surface area contributed by atoms with Crippen LogP contribution in [0.3, 0.4) is 0 Å². The zero-order chi connectivity index (χ0) is 15.9. The Morgan fingerprint density at radius 2 is 1.85 bits per heavy atom. The molecule has 3 amide bonds. The quantitative estimate of drug-likeness (QED) is 0.435. The summed E-state index contributed by atoms with van der Waals surface area (Å²) in [4.78, 5) is 48.8. The van der Waals surface area contributed by atoms with Crippen LogP contribution in [0.5, 0.6) is 0 Å². The molecule has 0 bridgehead atoms. The molecule has 1 unspecified atom stereocenters. The van der Waals surface area contributed by atoms with E-state index in [2.05, 4.69) is 12.6 Å². The van der Waals surface area contributed by atoms with Gasteiger partial charge in [-0.1, -0.05) is 0 Å². The van der Waals surface area contributed by atoms with Gasteiger partial charge in [0, 0.05) is 13.6 Å². The van der Waals surface area contributed by atoms with Crippen LogP contribution in [0, 0.1) is 0 Å². The van der Waals surface area contributed by atoms with Crippen LogP contribution in [-0.2, 0) is 14.4 Å². The van der Waals surface area contributed by atoms with Crippen LogP contribution in [0.25, 0.3) is 0 Å². The number of carbonyl (C=O) groups is 4. The lowest BCUT2D eigenvalue weighted by atomic mass is 9.99. The first-order valence-electron chi connectivity index (χ1n) is 6.03. The van der Waals surface area contributed by atoms with Crippen LogP contribution >= 0.6 is 12.6 Å². The van der Waals surface area contributed by atoms with Gasteiger partial charge in [-0.15, -0.1) is 0 Å². The Morgan fingerprint density at radius 3 is 2.15 bits per heavy atom. The predicted octanol–water partition coefficient (Wildman–Crippen LogP) is 0.391. The van der Waals surface area contributed by atoms with Crippen molar-refractivity contribution < 1.29 is 24.3 Å². The van der Waals surface area contributed by atoms with E-state index < -0.39 is 34.0 Å². The number of carboxylic acid groups (broad SMARTS) is 1. The van der Waals surface area contributed by atoms with Gasteiger partial charge in [0.1, 0.15) is 5.54 Å². The molecular formula is C12H18N2O5S. The summed E-state index contributed by atoms with van der Waals surface area (Å²) < 4.78 is -1.90. The maximum absolute atomic E-state index is 12.1. The minimum absolute atomic E-state index is 0.166. The van der Waals surface area contributed by atoms with Gasteiger partial charge < -0.3 is 10.0 Å². The minimum Gasteiger partial charge on any atom is -0.480 e. The van der Waals surface area contributed by atoms with Crippen LogP contribution in [0.15, 0.2) is 0 Å². The summed E-state index contributed by atoms with van der Waals surface area (Å²) in [6.45, 7) is 4.15. The van der Waals surface area contributed by atoms with Gasteiger partial charge >= 0.3 is 12.0 Å². The van der Waals surface area contributed by atoms with E-state index in [4.69, 9.17) is 5.11 Å². The zero-order valence-corrected chi connectivity index (χ0v) is 12.7. The first-order chi connectivity index (χ1) is 8.96. The van der Waals surface area contributed by atoms with Gasteiger partial charge in [-0.05, 0) is 27.2 Å². The number of thiol groups is 1. The third-order valence-electron chi connectivity index (χ3n) is 3.76. The monoisotopic (exact) mass is 302 g/mol. The molecule has 20 heavy (non-hydrogen) atoms. The van der Waals surface area contributed by atoms with Crippen molar-refractivity contribution in [3.8, 4) is 0 Å². The average molecular weight is 302 g/mol. The number of rotatable bonds is 5. The third-order valence-corrected chi connectivity index (χ3v) is 4.49. The Bertz CT molecular complexity index is 474. The second-order valence-corrected chi connectivity index (χ2v) is 6.09. The molecule has 1 aliphatic rings. The highest BCUT2D eigenvalue weighted by molar-refractivity contribution is 7.83. The SMILES string of the molecule is CC(=O)C(S)(CCN1C(=O)N(C)C(C)(C)C1=O)C(=O)O. The molecule has 1 saturated heterocycles. The largest absolute Gasteiger partial charge is 0.480 e. The van der Waals surface area contributed by atoms with Crippen LogP contribution in [0.2, 0.25) is 0 Å². The van der Waals surface area contributed by atoms with Gasteiger partial charge in [0.15, 0.2) is 10.5 Å². The van der Waals surface area contributed by atoms with Crippen LogP contribution in [0.1, 0.15) is 27.2 Å². The molecule has 8 heteroatoms. The van der Waals surface area contributed by atoms with Gasteiger partial charge in [0.25, 0.3) is 5.91 Å². The summed E-state index contributed by atoms with van der Waals surface area (Å²) in [6.07, 6.45) is -0.234.